The SMILES string of the molecule is Cc1ccc(F)c(S(=O)(=O)Nc2cc(CO)ccc2C)c1. The van der Waals surface area contributed by atoms with Crippen molar-refractivity contribution in [3.05, 3.63) is 58.9 Å². The maximum atomic E-state index is 13.8. The molecule has 0 bridgehead atoms. The zero-order chi connectivity index (χ0) is 15.6. The molecule has 0 fully saturated rings. The summed E-state index contributed by atoms with van der Waals surface area (Å²) in [6, 6.07) is 8.83. The molecule has 2 rings (SSSR count). The van der Waals surface area contributed by atoms with Crippen molar-refractivity contribution < 1.29 is 17.9 Å². The van der Waals surface area contributed by atoms with E-state index in [9.17, 15) is 12.8 Å². The quantitative estimate of drug-likeness (QED) is 0.912. The first-order valence-electron chi connectivity index (χ1n) is 6.33. The minimum atomic E-state index is -4.02. The van der Waals surface area contributed by atoms with Crippen LogP contribution in [0.15, 0.2) is 41.3 Å². The fourth-order valence-electron chi connectivity index (χ4n) is 1.89. The first-order valence-corrected chi connectivity index (χ1v) is 7.81. The molecule has 21 heavy (non-hydrogen) atoms. The molecule has 2 aromatic carbocycles. The molecule has 112 valence electrons. The van der Waals surface area contributed by atoms with Crippen LogP contribution in [-0.2, 0) is 16.6 Å². The van der Waals surface area contributed by atoms with Gasteiger partial charge in [0, 0.05) is 0 Å². The van der Waals surface area contributed by atoms with Gasteiger partial charge in [-0.1, -0.05) is 18.2 Å². The van der Waals surface area contributed by atoms with Crippen LogP contribution in [0.3, 0.4) is 0 Å². The second-order valence-electron chi connectivity index (χ2n) is 4.85. The molecule has 0 aliphatic rings. The van der Waals surface area contributed by atoms with Crippen molar-refractivity contribution in [2.75, 3.05) is 4.72 Å². The number of aliphatic hydroxyl groups excluding tert-OH is 1. The minimum Gasteiger partial charge on any atom is -0.392 e. The van der Waals surface area contributed by atoms with Crippen LogP contribution in [0.1, 0.15) is 16.7 Å². The van der Waals surface area contributed by atoms with E-state index in [2.05, 4.69) is 4.72 Å². The van der Waals surface area contributed by atoms with Crippen LogP contribution in [0.2, 0.25) is 0 Å². The van der Waals surface area contributed by atoms with Crippen LogP contribution in [0.5, 0.6) is 0 Å². The first-order chi connectivity index (χ1) is 9.83. The standard InChI is InChI=1S/C15H16FNO3S/c1-10-3-6-13(16)15(7-10)21(19,20)17-14-8-12(9-18)5-4-11(14)2/h3-8,17-18H,9H2,1-2H3. The highest BCUT2D eigenvalue weighted by molar-refractivity contribution is 7.92. The number of aliphatic hydroxyl groups is 1. The van der Waals surface area contributed by atoms with E-state index >= 15 is 0 Å². The Balaban J connectivity index is 2.44. The fourth-order valence-corrected chi connectivity index (χ4v) is 3.18. The predicted molar refractivity (Wildman–Crippen MR) is 79.0 cm³/mol. The highest BCUT2D eigenvalue weighted by Crippen LogP contribution is 2.23. The number of hydrogen-bond acceptors (Lipinski definition) is 3. The monoisotopic (exact) mass is 309 g/mol. The minimum absolute atomic E-state index is 0.201. The molecule has 0 saturated heterocycles. The number of sulfonamides is 1. The highest BCUT2D eigenvalue weighted by Gasteiger charge is 2.20. The molecule has 2 aromatic rings. The third-order valence-electron chi connectivity index (χ3n) is 3.11. The van der Waals surface area contributed by atoms with E-state index in [-0.39, 0.29) is 6.61 Å². The molecule has 0 radical (unpaired) electrons. The number of aryl methyl sites for hydroxylation is 2. The summed E-state index contributed by atoms with van der Waals surface area (Å²) >= 11 is 0. The first kappa shape index (κ1) is 15.5. The Bertz CT molecular complexity index is 772. The third-order valence-corrected chi connectivity index (χ3v) is 4.49. The number of anilines is 1. The summed E-state index contributed by atoms with van der Waals surface area (Å²) in [6.45, 7) is 3.22. The Kier molecular flexibility index (Phi) is 4.29. The molecule has 0 saturated carbocycles. The summed E-state index contributed by atoms with van der Waals surface area (Å²) in [7, 11) is -4.02. The van der Waals surface area contributed by atoms with E-state index < -0.39 is 20.7 Å². The van der Waals surface area contributed by atoms with Gasteiger partial charge >= 0.3 is 0 Å². The summed E-state index contributed by atoms with van der Waals surface area (Å²) in [4.78, 5) is -0.392. The van der Waals surface area contributed by atoms with Gasteiger partial charge in [0.2, 0.25) is 0 Å². The molecule has 2 N–H and O–H groups in total. The highest BCUT2D eigenvalue weighted by atomic mass is 32.2. The predicted octanol–water partition coefficient (Wildman–Crippen LogP) is 2.74. The van der Waals surface area contributed by atoms with Crippen molar-refractivity contribution in [1.82, 2.24) is 0 Å². The van der Waals surface area contributed by atoms with E-state index in [1.54, 1.807) is 26.0 Å². The Morgan fingerprint density at radius 2 is 1.86 bits per heavy atom. The lowest BCUT2D eigenvalue weighted by atomic mass is 10.1. The molecule has 4 nitrogen and oxygen atoms in total. The topological polar surface area (TPSA) is 66.4 Å². The van der Waals surface area contributed by atoms with Crippen LogP contribution in [0.4, 0.5) is 10.1 Å². The van der Waals surface area contributed by atoms with Gasteiger partial charge in [-0.05, 0) is 48.7 Å². The summed E-state index contributed by atoms with van der Waals surface area (Å²) in [6.07, 6.45) is 0. The lowest BCUT2D eigenvalue weighted by Gasteiger charge is -2.12. The summed E-state index contributed by atoms with van der Waals surface area (Å²) in [5.74, 6) is -0.802. The van der Waals surface area contributed by atoms with E-state index in [1.807, 2.05) is 0 Å². The summed E-state index contributed by atoms with van der Waals surface area (Å²) in [5.41, 5.74) is 2.23. The van der Waals surface area contributed by atoms with Gasteiger partial charge in [0.15, 0.2) is 0 Å². The number of nitrogens with one attached hydrogen (secondary N) is 1. The molecular formula is C15H16FNO3S. The number of rotatable bonds is 4. The van der Waals surface area contributed by atoms with Gasteiger partial charge in [-0.15, -0.1) is 0 Å². The van der Waals surface area contributed by atoms with Gasteiger partial charge in [0.05, 0.1) is 12.3 Å². The second-order valence-corrected chi connectivity index (χ2v) is 6.50. The maximum Gasteiger partial charge on any atom is 0.264 e. The number of benzene rings is 2. The van der Waals surface area contributed by atoms with Crippen molar-refractivity contribution in [1.29, 1.82) is 0 Å². The molecule has 0 spiro atoms. The number of hydrogen-bond donors (Lipinski definition) is 2. The van der Waals surface area contributed by atoms with Gasteiger partial charge in [0.25, 0.3) is 10.0 Å². The lowest BCUT2D eigenvalue weighted by molar-refractivity contribution is 0.282. The average molecular weight is 309 g/mol. The van der Waals surface area contributed by atoms with E-state index in [1.165, 1.54) is 18.2 Å². The van der Waals surface area contributed by atoms with Crippen molar-refractivity contribution >= 4 is 15.7 Å². The average Bonchev–Trinajstić information content (AvgIpc) is 2.43. The van der Waals surface area contributed by atoms with E-state index in [4.69, 9.17) is 5.11 Å². The lowest BCUT2D eigenvalue weighted by Crippen LogP contribution is -2.15. The molecule has 0 unspecified atom stereocenters. The van der Waals surface area contributed by atoms with Crippen LogP contribution >= 0.6 is 0 Å². The smallest absolute Gasteiger partial charge is 0.264 e. The summed E-state index contributed by atoms with van der Waals surface area (Å²) < 4.78 is 40.7. The van der Waals surface area contributed by atoms with Crippen molar-refractivity contribution in [2.45, 2.75) is 25.3 Å². The van der Waals surface area contributed by atoms with Crippen molar-refractivity contribution in [3.63, 3.8) is 0 Å². The van der Waals surface area contributed by atoms with E-state index in [0.717, 1.165) is 6.07 Å². The molecule has 0 atom stereocenters. The molecule has 0 aromatic heterocycles. The Morgan fingerprint density at radius 1 is 1.14 bits per heavy atom. The van der Waals surface area contributed by atoms with Gasteiger partial charge in [-0.2, -0.15) is 0 Å². The Labute approximate surface area is 123 Å². The normalized spacial score (nSPS) is 11.4. The van der Waals surface area contributed by atoms with Crippen LogP contribution < -0.4 is 4.72 Å². The molecule has 0 aliphatic heterocycles. The molecule has 0 amide bonds. The van der Waals surface area contributed by atoms with Crippen molar-refractivity contribution in [3.8, 4) is 0 Å². The number of halogens is 1. The van der Waals surface area contributed by atoms with Gasteiger partial charge in [0.1, 0.15) is 10.7 Å². The van der Waals surface area contributed by atoms with Gasteiger partial charge in [-0.3, -0.25) is 4.72 Å². The fraction of sp³-hybridized carbons (Fsp3) is 0.200. The van der Waals surface area contributed by atoms with Gasteiger partial charge < -0.3 is 5.11 Å². The third kappa shape index (κ3) is 3.40. The van der Waals surface area contributed by atoms with Crippen molar-refractivity contribution in [2.24, 2.45) is 0 Å². The second kappa shape index (κ2) is 5.83. The Hall–Kier alpha value is -1.92. The van der Waals surface area contributed by atoms with Gasteiger partial charge in [-0.25, -0.2) is 12.8 Å². The molecule has 0 aliphatic carbocycles. The van der Waals surface area contributed by atoms with Crippen LogP contribution in [0.25, 0.3) is 0 Å². The van der Waals surface area contributed by atoms with Crippen LogP contribution in [0, 0.1) is 19.7 Å². The largest absolute Gasteiger partial charge is 0.392 e. The zero-order valence-electron chi connectivity index (χ0n) is 11.7. The Morgan fingerprint density at radius 3 is 2.52 bits per heavy atom. The molecular weight excluding hydrogens is 293 g/mol. The van der Waals surface area contributed by atoms with Crippen LogP contribution in [-0.4, -0.2) is 13.5 Å². The molecule has 0 heterocycles. The van der Waals surface area contributed by atoms with E-state index in [0.29, 0.717) is 22.4 Å². The maximum absolute atomic E-state index is 13.8. The molecule has 6 heteroatoms. The zero-order valence-corrected chi connectivity index (χ0v) is 12.5. The summed E-state index contributed by atoms with van der Waals surface area (Å²) in [5, 5.41) is 9.11.